The highest BCUT2D eigenvalue weighted by Crippen LogP contribution is 2.31. The molecule has 0 saturated heterocycles. The van der Waals surface area contributed by atoms with E-state index < -0.39 is 21.9 Å². The Morgan fingerprint density at radius 2 is 2.11 bits per heavy atom. The molecule has 7 heteroatoms. The average Bonchev–Trinajstić information content (AvgIpc) is 2.28. The van der Waals surface area contributed by atoms with E-state index in [2.05, 4.69) is 0 Å². The number of halogens is 1. The molecular weight excluding hydrogens is 290 g/mol. The molecule has 0 radical (unpaired) electrons. The lowest BCUT2D eigenvalue weighted by Crippen LogP contribution is -2.32. The Morgan fingerprint density at radius 3 is 2.58 bits per heavy atom. The van der Waals surface area contributed by atoms with Gasteiger partial charge in [-0.1, -0.05) is 11.6 Å². The monoisotopic (exact) mass is 307 g/mol. The molecule has 1 aromatic carbocycles. The van der Waals surface area contributed by atoms with E-state index in [0.29, 0.717) is 16.3 Å². The van der Waals surface area contributed by atoms with Gasteiger partial charge in [-0.2, -0.15) is 0 Å². The molecule has 0 fully saturated rings. The van der Waals surface area contributed by atoms with Crippen molar-refractivity contribution < 1.29 is 18.3 Å². The summed E-state index contributed by atoms with van der Waals surface area (Å²) in [6, 6.07) is 4.94. The minimum Gasteiger partial charge on any atom is -0.496 e. The summed E-state index contributed by atoms with van der Waals surface area (Å²) < 4.78 is 27.7. The van der Waals surface area contributed by atoms with E-state index in [1.54, 1.807) is 18.2 Å². The Bertz CT molecular complexity index is 533. The second-order valence-corrected chi connectivity index (χ2v) is 7.01. The van der Waals surface area contributed by atoms with Crippen LogP contribution < -0.4 is 10.5 Å². The smallest absolute Gasteiger partial charge is 0.150 e. The quantitative estimate of drug-likeness (QED) is 0.811. The van der Waals surface area contributed by atoms with E-state index in [9.17, 15) is 13.5 Å². The Balaban J connectivity index is 3.12. The van der Waals surface area contributed by atoms with Gasteiger partial charge in [-0.15, -0.1) is 0 Å². The maximum absolute atomic E-state index is 11.3. The van der Waals surface area contributed by atoms with Gasteiger partial charge in [0.05, 0.1) is 19.0 Å². The number of aliphatic hydroxyl groups excluding tert-OH is 1. The minimum atomic E-state index is -3.30. The molecule has 0 spiro atoms. The predicted molar refractivity (Wildman–Crippen MR) is 75.5 cm³/mol. The zero-order valence-electron chi connectivity index (χ0n) is 10.8. The van der Waals surface area contributed by atoms with Crippen molar-refractivity contribution in [3.05, 3.63) is 28.8 Å². The van der Waals surface area contributed by atoms with Crippen LogP contribution in [-0.2, 0) is 9.84 Å². The lowest BCUT2D eigenvalue weighted by atomic mass is 9.93. The van der Waals surface area contributed by atoms with Crippen molar-refractivity contribution in [3.8, 4) is 5.75 Å². The number of nitrogens with two attached hydrogens (primary N) is 1. The molecule has 108 valence electrons. The second-order valence-electron chi connectivity index (χ2n) is 4.39. The normalized spacial score (nSPS) is 15.0. The molecule has 0 saturated carbocycles. The van der Waals surface area contributed by atoms with Crippen molar-refractivity contribution in [1.29, 1.82) is 0 Å². The van der Waals surface area contributed by atoms with E-state index in [1.807, 2.05) is 0 Å². The molecule has 1 rings (SSSR count). The van der Waals surface area contributed by atoms with Crippen LogP contribution in [0.5, 0.6) is 5.75 Å². The number of aliphatic hydroxyl groups is 1. The minimum absolute atomic E-state index is 0.0907. The van der Waals surface area contributed by atoms with E-state index in [-0.39, 0.29) is 12.3 Å². The van der Waals surface area contributed by atoms with Crippen molar-refractivity contribution in [2.24, 2.45) is 5.73 Å². The fourth-order valence-electron chi connectivity index (χ4n) is 1.91. The van der Waals surface area contributed by atoms with Crippen LogP contribution in [-0.4, -0.2) is 45.3 Å². The van der Waals surface area contributed by atoms with E-state index >= 15 is 0 Å². The van der Waals surface area contributed by atoms with Crippen molar-refractivity contribution in [2.75, 3.05) is 25.7 Å². The average molecular weight is 308 g/mol. The van der Waals surface area contributed by atoms with Crippen molar-refractivity contribution in [1.82, 2.24) is 0 Å². The van der Waals surface area contributed by atoms with Crippen molar-refractivity contribution in [3.63, 3.8) is 0 Å². The summed E-state index contributed by atoms with van der Waals surface area (Å²) in [6.45, 7) is 0.0907. The zero-order chi connectivity index (χ0) is 14.6. The highest BCUT2D eigenvalue weighted by Gasteiger charge is 2.26. The van der Waals surface area contributed by atoms with Crippen LogP contribution in [0.4, 0.5) is 0 Å². The third kappa shape index (κ3) is 4.65. The molecule has 2 atom stereocenters. The summed E-state index contributed by atoms with van der Waals surface area (Å²) in [5.74, 6) is -0.388. The van der Waals surface area contributed by atoms with Crippen LogP contribution in [0.3, 0.4) is 0 Å². The Hall–Kier alpha value is -0.820. The maximum Gasteiger partial charge on any atom is 0.150 e. The second kappa shape index (κ2) is 6.56. The maximum atomic E-state index is 11.3. The molecule has 0 bridgehead atoms. The number of hydrogen-bond donors (Lipinski definition) is 2. The van der Waals surface area contributed by atoms with Crippen LogP contribution in [0.25, 0.3) is 0 Å². The summed E-state index contributed by atoms with van der Waals surface area (Å²) in [5.41, 5.74) is 6.25. The molecule has 1 aromatic rings. The third-order valence-corrected chi connectivity index (χ3v) is 3.97. The molecule has 2 unspecified atom stereocenters. The highest BCUT2D eigenvalue weighted by atomic mass is 35.5. The molecule has 3 N–H and O–H groups in total. The predicted octanol–water partition coefficient (Wildman–Crippen LogP) is 0.796. The van der Waals surface area contributed by atoms with Gasteiger partial charge in [-0.3, -0.25) is 0 Å². The molecular formula is C12H18ClNO4S. The fourth-order valence-corrected chi connectivity index (χ4v) is 2.95. The lowest BCUT2D eigenvalue weighted by molar-refractivity contribution is 0.165. The van der Waals surface area contributed by atoms with Crippen molar-refractivity contribution >= 4 is 21.4 Å². The van der Waals surface area contributed by atoms with Gasteiger partial charge in [0, 0.05) is 29.3 Å². The lowest BCUT2D eigenvalue weighted by Gasteiger charge is -2.23. The first kappa shape index (κ1) is 16.2. The first-order valence-corrected chi connectivity index (χ1v) is 8.11. The van der Waals surface area contributed by atoms with E-state index in [0.717, 1.165) is 6.26 Å². The molecule has 5 nitrogen and oxygen atoms in total. The van der Waals surface area contributed by atoms with Crippen LogP contribution in [0.15, 0.2) is 18.2 Å². The SMILES string of the molecule is COc1ccc(Cl)cc1C(CN)C(O)CS(C)(=O)=O. The number of methoxy groups -OCH3 is 1. The highest BCUT2D eigenvalue weighted by molar-refractivity contribution is 7.90. The fraction of sp³-hybridized carbons (Fsp3) is 0.500. The third-order valence-electron chi connectivity index (χ3n) is 2.78. The summed E-state index contributed by atoms with van der Waals surface area (Å²) in [6.07, 6.45) is -0.0358. The molecule has 0 aliphatic heterocycles. The summed E-state index contributed by atoms with van der Waals surface area (Å²) >= 11 is 5.92. The van der Waals surface area contributed by atoms with Gasteiger partial charge in [0.15, 0.2) is 0 Å². The number of rotatable bonds is 6. The number of benzene rings is 1. The number of hydrogen-bond acceptors (Lipinski definition) is 5. The van der Waals surface area contributed by atoms with E-state index in [4.69, 9.17) is 22.1 Å². The first-order chi connectivity index (χ1) is 8.78. The molecule has 0 aliphatic carbocycles. The topological polar surface area (TPSA) is 89.6 Å². The largest absolute Gasteiger partial charge is 0.496 e. The molecule has 0 aliphatic rings. The van der Waals surface area contributed by atoms with Gasteiger partial charge in [-0.05, 0) is 18.2 Å². The van der Waals surface area contributed by atoms with Gasteiger partial charge < -0.3 is 15.6 Å². The van der Waals surface area contributed by atoms with Gasteiger partial charge in [0.2, 0.25) is 0 Å². The standard InChI is InChI=1S/C12H18ClNO4S/c1-18-12-4-3-8(13)5-9(12)10(6-14)11(15)7-19(2,16)17/h3-5,10-11,15H,6-7,14H2,1-2H3. The summed E-state index contributed by atoms with van der Waals surface area (Å²) in [7, 11) is -1.81. The molecule has 0 aromatic heterocycles. The van der Waals surface area contributed by atoms with Gasteiger partial charge in [0.1, 0.15) is 15.6 Å². The molecule has 19 heavy (non-hydrogen) atoms. The summed E-state index contributed by atoms with van der Waals surface area (Å²) in [5, 5.41) is 10.5. The van der Waals surface area contributed by atoms with Crippen molar-refractivity contribution in [2.45, 2.75) is 12.0 Å². The molecule has 0 amide bonds. The van der Waals surface area contributed by atoms with Crippen LogP contribution in [0.1, 0.15) is 11.5 Å². The Labute approximate surface area is 118 Å². The number of ether oxygens (including phenoxy) is 1. The Kier molecular flexibility index (Phi) is 5.61. The first-order valence-electron chi connectivity index (χ1n) is 5.67. The molecule has 0 heterocycles. The van der Waals surface area contributed by atoms with Gasteiger partial charge in [0.25, 0.3) is 0 Å². The number of sulfone groups is 1. The Morgan fingerprint density at radius 1 is 1.47 bits per heavy atom. The zero-order valence-corrected chi connectivity index (χ0v) is 12.4. The van der Waals surface area contributed by atoms with Crippen LogP contribution in [0, 0.1) is 0 Å². The van der Waals surface area contributed by atoms with Gasteiger partial charge >= 0.3 is 0 Å². The summed E-state index contributed by atoms with van der Waals surface area (Å²) in [4.78, 5) is 0. The van der Waals surface area contributed by atoms with Crippen LogP contribution >= 0.6 is 11.6 Å². The van der Waals surface area contributed by atoms with Crippen LogP contribution in [0.2, 0.25) is 5.02 Å². The van der Waals surface area contributed by atoms with Gasteiger partial charge in [-0.25, -0.2) is 8.42 Å². The van der Waals surface area contributed by atoms with E-state index in [1.165, 1.54) is 7.11 Å².